The first-order chi connectivity index (χ1) is 12.0. The van der Waals surface area contributed by atoms with Gasteiger partial charge in [-0.25, -0.2) is 4.99 Å². The fraction of sp³-hybridized carbons (Fsp3) is 0.158. The van der Waals surface area contributed by atoms with Crippen molar-refractivity contribution in [1.82, 2.24) is 5.32 Å². The molecule has 0 aromatic heterocycles. The van der Waals surface area contributed by atoms with Gasteiger partial charge in [0, 0.05) is 16.1 Å². The molecule has 0 saturated carbocycles. The molecule has 0 spiro atoms. The summed E-state index contributed by atoms with van der Waals surface area (Å²) in [6.45, 7) is 1.58. The highest BCUT2D eigenvalue weighted by atomic mass is 35.5. The van der Waals surface area contributed by atoms with Crippen molar-refractivity contribution in [3.63, 3.8) is 0 Å². The van der Waals surface area contributed by atoms with Crippen LogP contribution in [0.5, 0.6) is 0 Å². The fourth-order valence-corrected chi connectivity index (χ4v) is 2.73. The molecule has 0 fully saturated rings. The molecule has 1 aliphatic rings. The van der Waals surface area contributed by atoms with E-state index in [1.807, 2.05) is 36.4 Å². The lowest BCUT2D eigenvalue weighted by molar-refractivity contribution is -0.126. The summed E-state index contributed by atoms with van der Waals surface area (Å²) in [6, 6.07) is 15.1. The van der Waals surface area contributed by atoms with Crippen molar-refractivity contribution in [2.45, 2.75) is 13.3 Å². The van der Waals surface area contributed by atoms with Crippen molar-refractivity contribution < 1.29 is 9.59 Å². The molecule has 2 aromatic carbocycles. The number of hydrogen-bond acceptors (Lipinski definition) is 4. The van der Waals surface area contributed by atoms with Gasteiger partial charge in [0.15, 0.2) is 0 Å². The molecule has 1 aliphatic heterocycles. The van der Waals surface area contributed by atoms with E-state index in [0.717, 1.165) is 16.8 Å². The summed E-state index contributed by atoms with van der Waals surface area (Å²) in [6.07, 6.45) is -0.179. The molecular formula is C19H16ClN3O2. The number of rotatable bonds is 3. The van der Waals surface area contributed by atoms with Crippen LogP contribution in [0.4, 0.5) is 5.69 Å². The molecule has 0 radical (unpaired) electrons. The van der Waals surface area contributed by atoms with Crippen molar-refractivity contribution >= 4 is 40.5 Å². The van der Waals surface area contributed by atoms with Gasteiger partial charge in [0.2, 0.25) is 5.91 Å². The molecule has 1 heterocycles. The first-order valence-electron chi connectivity index (χ1n) is 7.79. The zero-order valence-corrected chi connectivity index (χ0v) is 14.4. The normalized spacial score (nSPS) is 13.2. The molecule has 126 valence electrons. The van der Waals surface area contributed by atoms with E-state index in [9.17, 15) is 9.59 Å². The van der Waals surface area contributed by atoms with Crippen molar-refractivity contribution in [3.05, 3.63) is 64.7 Å². The Morgan fingerprint density at radius 3 is 2.64 bits per heavy atom. The van der Waals surface area contributed by atoms with E-state index in [4.69, 9.17) is 11.6 Å². The van der Waals surface area contributed by atoms with E-state index >= 15 is 0 Å². The standard InChI is InChI=1S/C19H16ClN3O2/c1-12(24)9-18(25)23-17-11-21-19(13-5-3-2-4-6-13)15-10-14(20)7-8-16(15)22-17/h2-8,10H,9,11H2,1H3,(H,22,23,25). The minimum atomic E-state index is -0.389. The first kappa shape index (κ1) is 17.0. The number of amides is 1. The van der Waals surface area contributed by atoms with Gasteiger partial charge in [-0.15, -0.1) is 0 Å². The average Bonchev–Trinajstić information content (AvgIpc) is 2.74. The van der Waals surface area contributed by atoms with Gasteiger partial charge in [-0.2, -0.15) is 0 Å². The Bertz CT molecular complexity index is 889. The molecule has 0 atom stereocenters. The molecule has 0 bridgehead atoms. The molecule has 5 nitrogen and oxygen atoms in total. The summed E-state index contributed by atoms with van der Waals surface area (Å²) >= 11 is 6.15. The Hall–Kier alpha value is -2.79. The molecule has 0 saturated heterocycles. The van der Waals surface area contributed by atoms with Gasteiger partial charge in [-0.1, -0.05) is 41.9 Å². The van der Waals surface area contributed by atoms with E-state index < -0.39 is 0 Å². The van der Waals surface area contributed by atoms with Gasteiger partial charge in [-0.3, -0.25) is 14.6 Å². The van der Waals surface area contributed by atoms with Gasteiger partial charge in [0.25, 0.3) is 0 Å². The smallest absolute Gasteiger partial charge is 0.232 e. The minimum Gasteiger partial charge on any atom is -0.312 e. The fourth-order valence-electron chi connectivity index (χ4n) is 2.56. The summed E-state index contributed by atoms with van der Waals surface area (Å²) in [5.74, 6) is -0.187. The van der Waals surface area contributed by atoms with Crippen LogP contribution in [-0.2, 0) is 9.59 Å². The molecular weight excluding hydrogens is 338 g/mol. The van der Waals surface area contributed by atoms with Crippen LogP contribution >= 0.6 is 11.6 Å². The van der Waals surface area contributed by atoms with E-state index in [1.165, 1.54) is 6.92 Å². The van der Waals surface area contributed by atoms with Crippen LogP contribution in [-0.4, -0.2) is 29.8 Å². The van der Waals surface area contributed by atoms with Crippen LogP contribution in [0, 0.1) is 0 Å². The van der Waals surface area contributed by atoms with Gasteiger partial charge in [0.05, 0.1) is 24.4 Å². The Labute approximate surface area is 150 Å². The number of carbonyl (C=O) groups excluding carboxylic acids is 2. The molecule has 0 aliphatic carbocycles. The lowest BCUT2D eigenvalue weighted by Gasteiger charge is -2.08. The van der Waals surface area contributed by atoms with Crippen LogP contribution in [0.3, 0.4) is 0 Å². The van der Waals surface area contributed by atoms with E-state index in [2.05, 4.69) is 15.3 Å². The average molecular weight is 354 g/mol. The van der Waals surface area contributed by atoms with Gasteiger partial charge in [-0.05, 0) is 25.1 Å². The minimum absolute atomic E-state index is 0.179. The van der Waals surface area contributed by atoms with Gasteiger partial charge >= 0.3 is 0 Å². The molecule has 2 aromatic rings. The number of carbonyl (C=O) groups is 2. The second kappa shape index (κ2) is 7.40. The van der Waals surface area contributed by atoms with Crippen LogP contribution in [0.1, 0.15) is 24.5 Å². The third-order valence-electron chi connectivity index (χ3n) is 3.60. The van der Waals surface area contributed by atoms with Crippen molar-refractivity contribution in [2.24, 2.45) is 9.98 Å². The lowest BCUT2D eigenvalue weighted by atomic mass is 10.0. The molecule has 6 heteroatoms. The maximum Gasteiger partial charge on any atom is 0.232 e. The molecule has 1 N–H and O–H groups in total. The van der Waals surface area contributed by atoms with E-state index in [0.29, 0.717) is 16.5 Å². The number of ketones is 1. The second-order valence-electron chi connectivity index (χ2n) is 5.68. The number of halogens is 1. The molecule has 0 unspecified atom stereocenters. The largest absolute Gasteiger partial charge is 0.312 e. The Morgan fingerprint density at radius 1 is 1.16 bits per heavy atom. The quantitative estimate of drug-likeness (QED) is 0.860. The van der Waals surface area contributed by atoms with E-state index in [-0.39, 0.29) is 24.7 Å². The number of benzene rings is 2. The second-order valence-corrected chi connectivity index (χ2v) is 6.11. The summed E-state index contributed by atoms with van der Waals surface area (Å²) in [5.41, 5.74) is 3.17. The maximum atomic E-state index is 11.9. The summed E-state index contributed by atoms with van der Waals surface area (Å²) in [5, 5.41) is 3.25. The van der Waals surface area contributed by atoms with Crippen molar-refractivity contribution in [3.8, 4) is 0 Å². The number of Topliss-reactive ketones (excluding diaryl/α,β-unsaturated/α-hetero) is 1. The predicted octanol–water partition coefficient (Wildman–Crippen LogP) is 3.32. The number of nitrogens with zero attached hydrogens (tertiary/aromatic N) is 2. The Morgan fingerprint density at radius 2 is 1.92 bits per heavy atom. The highest BCUT2D eigenvalue weighted by Gasteiger charge is 2.18. The number of fused-ring (bicyclic) bond motifs is 1. The SMILES string of the molecule is CC(=O)CC(=O)NC1=Nc2ccc(Cl)cc2C(c2ccccc2)=NC1. The van der Waals surface area contributed by atoms with Crippen molar-refractivity contribution in [1.29, 1.82) is 0 Å². The van der Waals surface area contributed by atoms with Crippen LogP contribution < -0.4 is 5.32 Å². The molecule has 1 amide bonds. The number of nitrogens with one attached hydrogen (secondary N) is 1. The third-order valence-corrected chi connectivity index (χ3v) is 3.83. The zero-order chi connectivity index (χ0) is 17.8. The lowest BCUT2D eigenvalue weighted by Crippen LogP contribution is -2.33. The summed E-state index contributed by atoms with van der Waals surface area (Å²) in [7, 11) is 0. The van der Waals surface area contributed by atoms with Crippen LogP contribution in [0.15, 0.2) is 58.5 Å². The van der Waals surface area contributed by atoms with E-state index in [1.54, 1.807) is 12.1 Å². The molecule has 3 rings (SSSR count). The maximum absolute atomic E-state index is 11.9. The summed E-state index contributed by atoms with van der Waals surface area (Å²) in [4.78, 5) is 32.1. The van der Waals surface area contributed by atoms with Crippen LogP contribution in [0.2, 0.25) is 5.02 Å². The monoisotopic (exact) mass is 353 g/mol. The Balaban J connectivity index is 2.00. The van der Waals surface area contributed by atoms with Gasteiger partial charge in [0.1, 0.15) is 11.6 Å². The highest BCUT2D eigenvalue weighted by molar-refractivity contribution is 6.31. The highest BCUT2D eigenvalue weighted by Crippen LogP contribution is 2.28. The first-order valence-corrected chi connectivity index (χ1v) is 8.17. The number of hydrogen-bond donors (Lipinski definition) is 1. The van der Waals surface area contributed by atoms with Crippen LogP contribution in [0.25, 0.3) is 0 Å². The number of amidine groups is 1. The van der Waals surface area contributed by atoms with Gasteiger partial charge < -0.3 is 5.32 Å². The third kappa shape index (κ3) is 4.19. The summed E-state index contributed by atoms with van der Waals surface area (Å²) < 4.78 is 0. The zero-order valence-electron chi connectivity index (χ0n) is 13.6. The molecule has 25 heavy (non-hydrogen) atoms. The Kier molecular flexibility index (Phi) is 5.05. The topological polar surface area (TPSA) is 70.9 Å². The van der Waals surface area contributed by atoms with Crippen molar-refractivity contribution in [2.75, 3.05) is 6.54 Å². The number of aliphatic imine (C=N–C) groups is 2. The predicted molar refractivity (Wildman–Crippen MR) is 98.9 cm³/mol.